The lowest BCUT2D eigenvalue weighted by Crippen LogP contribution is -2.40. The van der Waals surface area contributed by atoms with E-state index in [1.165, 1.54) is 7.11 Å². The van der Waals surface area contributed by atoms with Gasteiger partial charge in [0.15, 0.2) is 5.13 Å². The second-order valence-electron chi connectivity index (χ2n) is 6.31. The van der Waals surface area contributed by atoms with Crippen LogP contribution in [0.15, 0.2) is 29.6 Å². The highest BCUT2D eigenvalue weighted by atomic mass is 32.1. The highest BCUT2D eigenvalue weighted by molar-refractivity contribution is 7.14. The van der Waals surface area contributed by atoms with Crippen molar-refractivity contribution in [2.45, 2.75) is 25.3 Å². The van der Waals surface area contributed by atoms with Gasteiger partial charge in [-0.3, -0.25) is 4.79 Å². The molecular weight excluding hydrogens is 348 g/mol. The monoisotopic (exact) mass is 370 g/mol. The molecule has 0 radical (unpaired) electrons. The van der Waals surface area contributed by atoms with Crippen LogP contribution in [0.2, 0.25) is 0 Å². The Morgan fingerprint density at radius 1 is 1.38 bits per heavy atom. The number of nitriles is 1. The summed E-state index contributed by atoms with van der Waals surface area (Å²) in [5.41, 5.74) is 2.60. The number of esters is 1. The number of rotatable bonds is 6. The summed E-state index contributed by atoms with van der Waals surface area (Å²) in [5.74, 6) is -0.150. The van der Waals surface area contributed by atoms with Gasteiger partial charge in [-0.2, -0.15) is 5.26 Å². The SMILES string of the molecule is COC(=O)CCN1CCC(Nc2nc(-c3ccc(C#N)cc3)cs2)CC1. The molecule has 0 aliphatic carbocycles. The van der Waals surface area contributed by atoms with E-state index >= 15 is 0 Å². The first-order valence-corrected chi connectivity index (χ1v) is 9.57. The van der Waals surface area contributed by atoms with Crippen LogP contribution in [0.25, 0.3) is 11.3 Å². The number of methoxy groups -OCH3 is 1. The molecule has 0 amide bonds. The fourth-order valence-electron chi connectivity index (χ4n) is 3.02. The van der Waals surface area contributed by atoms with Crippen LogP contribution >= 0.6 is 11.3 Å². The zero-order valence-corrected chi connectivity index (χ0v) is 15.6. The third-order valence-corrected chi connectivity index (χ3v) is 5.36. The molecule has 3 rings (SSSR count). The van der Waals surface area contributed by atoms with Crippen molar-refractivity contribution in [3.8, 4) is 17.3 Å². The normalized spacial score (nSPS) is 15.4. The first-order valence-electron chi connectivity index (χ1n) is 8.69. The first-order chi connectivity index (χ1) is 12.7. The second-order valence-corrected chi connectivity index (χ2v) is 7.17. The Labute approximate surface area is 157 Å². The molecule has 1 N–H and O–H groups in total. The lowest BCUT2D eigenvalue weighted by Gasteiger charge is -2.31. The van der Waals surface area contributed by atoms with E-state index in [4.69, 9.17) is 10.00 Å². The zero-order valence-electron chi connectivity index (χ0n) is 14.8. The van der Waals surface area contributed by atoms with E-state index in [0.717, 1.165) is 48.9 Å². The van der Waals surface area contributed by atoms with Gasteiger partial charge in [-0.15, -0.1) is 11.3 Å². The number of carbonyl (C=O) groups excluding carboxylic acids is 1. The molecule has 1 aromatic heterocycles. The Morgan fingerprint density at radius 3 is 2.77 bits per heavy atom. The quantitative estimate of drug-likeness (QED) is 0.787. The molecule has 1 fully saturated rings. The lowest BCUT2D eigenvalue weighted by atomic mass is 10.1. The minimum absolute atomic E-state index is 0.150. The fraction of sp³-hybridized carbons (Fsp3) is 0.421. The molecule has 1 aliphatic rings. The van der Waals surface area contributed by atoms with Crippen molar-refractivity contribution in [3.63, 3.8) is 0 Å². The smallest absolute Gasteiger partial charge is 0.306 e. The number of ether oxygens (including phenoxy) is 1. The summed E-state index contributed by atoms with van der Waals surface area (Å²) in [6.07, 6.45) is 2.52. The van der Waals surface area contributed by atoms with E-state index in [0.29, 0.717) is 18.0 Å². The molecule has 2 aromatic rings. The predicted molar refractivity (Wildman–Crippen MR) is 102 cm³/mol. The molecule has 0 spiro atoms. The fourth-order valence-corrected chi connectivity index (χ4v) is 3.81. The number of thiazole rings is 1. The van der Waals surface area contributed by atoms with Crippen molar-refractivity contribution in [3.05, 3.63) is 35.2 Å². The third kappa shape index (κ3) is 4.81. The summed E-state index contributed by atoms with van der Waals surface area (Å²) in [6.45, 7) is 2.71. The highest BCUT2D eigenvalue weighted by Gasteiger charge is 2.20. The maximum absolute atomic E-state index is 11.2. The Balaban J connectivity index is 1.49. The molecule has 2 heterocycles. The summed E-state index contributed by atoms with van der Waals surface area (Å²) in [7, 11) is 1.43. The average molecular weight is 370 g/mol. The van der Waals surface area contributed by atoms with Crippen LogP contribution in [-0.2, 0) is 9.53 Å². The van der Waals surface area contributed by atoms with Gasteiger partial charge in [-0.25, -0.2) is 4.98 Å². The van der Waals surface area contributed by atoms with Crippen molar-refractivity contribution in [2.75, 3.05) is 32.1 Å². The molecular formula is C19H22N4O2S. The standard InChI is InChI=1S/C19H22N4O2S/c1-25-18(24)8-11-23-9-6-16(7-10-23)21-19-22-17(13-26-19)15-4-2-14(12-20)3-5-15/h2-5,13,16H,6-11H2,1H3,(H,21,22). The van der Waals surface area contributed by atoms with Gasteiger partial charge in [0.05, 0.1) is 30.9 Å². The van der Waals surface area contributed by atoms with E-state index in [1.807, 2.05) is 29.6 Å². The number of aromatic nitrogens is 1. The van der Waals surface area contributed by atoms with Gasteiger partial charge in [0, 0.05) is 36.6 Å². The van der Waals surface area contributed by atoms with Gasteiger partial charge < -0.3 is 15.0 Å². The second kappa shape index (κ2) is 8.79. The van der Waals surface area contributed by atoms with E-state index in [9.17, 15) is 4.79 Å². The number of likely N-dealkylation sites (tertiary alicyclic amines) is 1. The maximum atomic E-state index is 11.2. The number of nitrogens with one attached hydrogen (secondary N) is 1. The number of hydrogen-bond donors (Lipinski definition) is 1. The summed E-state index contributed by atoms with van der Waals surface area (Å²) in [6, 6.07) is 10.0. The molecule has 136 valence electrons. The molecule has 1 aromatic carbocycles. The van der Waals surface area contributed by atoms with Gasteiger partial charge in [-0.05, 0) is 25.0 Å². The number of benzene rings is 1. The largest absolute Gasteiger partial charge is 0.469 e. The van der Waals surface area contributed by atoms with Crippen LogP contribution in [-0.4, -0.2) is 48.6 Å². The zero-order chi connectivity index (χ0) is 18.4. The van der Waals surface area contributed by atoms with Gasteiger partial charge in [0.1, 0.15) is 0 Å². The molecule has 6 nitrogen and oxygen atoms in total. The third-order valence-electron chi connectivity index (χ3n) is 4.59. The average Bonchev–Trinajstić information content (AvgIpc) is 3.15. The minimum atomic E-state index is -0.150. The lowest BCUT2D eigenvalue weighted by molar-refractivity contribution is -0.141. The Hall–Kier alpha value is -2.43. The number of carbonyl (C=O) groups is 1. The van der Waals surface area contributed by atoms with Crippen LogP contribution in [0.1, 0.15) is 24.8 Å². The first kappa shape index (κ1) is 18.4. The maximum Gasteiger partial charge on any atom is 0.306 e. The van der Waals surface area contributed by atoms with Crippen molar-refractivity contribution in [2.24, 2.45) is 0 Å². The Morgan fingerprint density at radius 2 is 2.12 bits per heavy atom. The predicted octanol–water partition coefficient (Wildman–Crippen LogP) is 3.12. The summed E-state index contributed by atoms with van der Waals surface area (Å²) in [4.78, 5) is 18.2. The summed E-state index contributed by atoms with van der Waals surface area (Å²) >= 11 is 1.60. The van der Waals surface area contributed by atoms with Gasteiger partial charge >= 0.3 is 5.97 Å². The van der Waals surface area contributed by atoms with Crippen molar-refractivity contribution >= 4 is 22.4 Å². The topological polar surface area (TPSA) is 78.2 Å². The molecule has 0 atom stereocenters. The minimum Gasteiger partial charge on any atom is -0.469 e. The molecule has 7 heteroatoms. The van der Waals surface area contributed by atoms with Crippen LogP contribution in [0.5, 0.6) is 0 Å². The van der Waals surface area contributed by atoms with Crippen molar-refractivity contribution in [1.82, 2.24) is 9.88 Å². The molecule has 0 saturated carbocycles. The summed E-state index contributed by atoms with van der Waals surface area (Å²) in [5, 5.41) is 15.4. The summed E-state index contributed by atoms with van der Waals surface area (Å²) < 4.78 is 4.69. The number of nitrogens with zero attached hydrogens (tertiary/aromatic N) is 3. The molecule has 0 unspecified atom stereocenters. The van der Waals surface area contributed by atoms with E-state index in [2.05, 4.69) is 21.3 Å². The Bertz CT molecular complexity index is 774. The molecule has 0 bridgehead atoms. The van der Waals surface area contributed by atoms with Crippen molar-refractivity contribution in [1.29, 1.82) is 5.26 Å². The molecule has 1 aliphatic heterocycles. The van der Waals surface area contributed by atoms with Gasteiger partial charge in [0.25, 0.3) is 0 Å². The van der Waals surface area contributed by atoms with Crippen LogP contribution in [0, 0.1) is 11.3 Å². The van der Waals surface area contributed by atoms with Crippen LogP contribution < -0.4 is 5.32 Å². The molecule has 1 saturated heterocycles. The van der Waals surface area contributed by atoms with Crippen LogP contribution in [0.4, 0.5) is 5.13 Å². The van der Waals surface area contributed by atoms with E-state index < -0.39 is 0 Å². The van der Waals surface area contributed by atoms with Gasteiger partial charge in [0.2, 0.25) is 0 Å². The number of hydrogen-bond acceptors (Lipinski definition) is 7. The number of anilines is 1. The number of piperidine rings is 1. The van der Waals surface area contributed by atoms with E-state index in [1.54, 1.807) is 11.3 Å². The van der Waals surface area contributed by atoms with Crippen LogP contribution in [0.3, 0.4) is 0 Å². The van der Waals surface area contributed by atoms with Gasteiger partial charge in [-0.1, -0.05) is 12.1 Å². The Kier molecular flexibility index (Phi) is 6.21. The highest BCUT2D eigenvalue weighted by Crippen LogP contribution is 2.26. The molecule has 26 heavy (non-hydrogen) atoms. The van der Waals surface area contributed by atoms with Crippen molar-refractivity contribution < 1.29 is 9.53 Å². The van der Waals surface area contributed by atoms with E-state index in [-0.39, 0.29) is 5.97 Å².